The standard InChI is InChI=1S/C13H11F4NO3/c14-10-2-1-8(13(15,16)17)5-9(10)11(19)18-4-3-7(6-18)12(20)21/h1-2,5,7H,3-4,6H2,(H,20,21). The topological polar surface area (TPSA) is 57.6 Å². The van der Waals surface area contributed by atoms with Crippen LogP contribution in [0.3, 0.4) is 0 Å². The van der Waals surface area contributed by atoms with Gasteiger partial charge >= 0.3 is 12.1 Å². The van der Waals surface area contributed by atoms with Gasteiger partial charge in [-0.05, 0) is 24.6 Å². The van der Waals surface area contributed by atoms with Gasteiger partial charge in [0.2, 0.25) is 0 Å². The maximum atomic E-state index is 13.6. The number of nitrogens with zero attached hydrogens (tertiary/aromatic N) is 1. The van der Waals surface area contributed by atoms with Crippen LogP contribution in [0.5, 0.6) is 0 Å². The van der Waals surface area contributed by atoms with Gasteiger partial charge in [-0.2, -0.15) is 13.2 Å². The molecule has 1 N–H and O–H groups in total. The van der Waals surface area contributed by atoms with Gasteiger partial charge in [0, 0.05) is 13.1 Å². The maximum absolute atomic E-state index is 13.6. The number of carbonyl (C=O) groups is 2. The highest BCUT2D eigenvalue weighted by Gasteiger charge is 2.35. The minimum Gasteiger partial charge on any atom is -0.481 e. The summed E-state index contributed by atoms with van der Waals surface area (Å²) in [6.07, 6.45) is -4.49. The van der Waals surface area contributed by atoms with Gasteiger partial charge < -0.3 is 10.0 Å². The van der Waals surface area contributed by atoms with Crippen molar-refractivity contribution in [1.29, 1.82) is 0 Å². The van der Waals surface area contributed by atoms with Crippen LogP contribution >= 0.6 is 0 Å². The first-order valence-electron chi connectivity index (χ1n) is 6.09. The number of amides is 1. The predicted octanol–water partition coefficient (Wildman–Crippen LogP) is 2.39. The largest absolute Gasteiger partial charge is 0.481 e. The fraction of sp³-hybridized carbons (Fsp3) is 0.385. The van der Waals surface area contributed by atoms with Crippen molar-refractivity contribution < 1.29 is 32.3 Å². The van der Waals surface area contributed by atoms with Crippen LogP contribution in [0.25, 0.3) is 0 Å². The van der Waals surface area contributed by atoms with Crippen molar-refractivity contribution in [2.75, 3.05) is 13.1 Å². The number of carbonyl (C=O) groups excluding carboxylic acids is 1. The molecule has 1 heterocycles. The van der Waals surface area contributed by atoms with Gasteiger partial charge in [0.05, 0.1) is 17.0 Å². The van der Waals surface area contributed by atoms with Crippen molar-refractivity contribution >= 4 is 11.9 Å². The molecule has 1 atom stereocenters. The molecular formula is C13H11F4NO3. The van der Waals surface area contributed by atoms with Crippen molar-refractivity contribution in [2.24, 2.45) is 5.92 Å². The molecule has 21 heavy (non-hydrogen) atoms. The van der Waals surface area contributed by atoms with Gasteiger partial charge in [-0.1, -0.05) is 0 Å². The molecule has 1 fully saturated rings. The van der Waals surface area contributed by atoms with Gasteiger partial charge in [0.25, 0.3) is 5.91 Å². The zero-order valence-corrected chi connectivity index (χ0v) is 10.7. The van der Waals surface area contributed by atoms with Crippen molar-refractivity contribution in [3.8, 4) is 0 Å². The lowest BCUT2D eigenvalue weighted by molar-refractivity contribution is -0.141. The number of carboxylic acid groups (broad SMARTS) is 1. The monoisotopic (exact) mass is 305 g/mol. The first kappa shape index (κ1) is 15.3. The van der Waals surface area contributed by atoms with Crippen molar-refractivity contribution in [2.45, 2.75) is 12.6 Å². The molecule has 114 valence electrons. The molecule has 4 nitrogen and oxygen atoms in total. The van der Waals surface area contributed by atoms with Crippen LogP contribution in [0, 0.1) is 11.7 Å². The lowest BCUT2D eigenvalue weighted by Crippen LogP contribution is -2.30. The first-order valence-corrected chi connectivity index (χ1v) is 6.09. The highest BCUT2D eigenvalue weighted by molar-refractivity contribution is 5.95. The maximum Gasteiger partial charge on any atom is 0.416 e. The van der Waals surface area contributed by atoms with E-state index in [1.165, 1.54) is 0 Å². The van der Waals surface area contributed by atoms with Gasteiger partial charge in [-0.15, -0.1) is 0 Å². The Balaban J connectivity index is 2.26. The molecular weight excluding hydrogens is 294 g/mol. The predicted molar refractivity (Wildman–Crippen MR) is 63.0 cm³/mol. The van der Waals surface area contributed by atoms with E-state index < -0.39 is 40.9 Å². The molecule has 1 aliphatic rings. The molecule has 1 unspecified atom stereocenters. The third kappa shape index (κ3) is 3.14. The third-order valence-corrected chi connectivity index (χ3v) is 3.35. The van der Waals surface area contributed by atoms with Gasteiger partial charge in [-0.25, -0.2) is 4.39 Å². The zero-order chi connectivity index (χ0) is 15.8. The van der Waals surface area contributed by atoms with E-state index in [2.05, 4.69) is 0 Å². The Morgan fingerprint density at radius 2 is 1.95 bits per heavy atom. The number of aliphatic carboxylic acids is 1. The van der Waals surface area contributed by atoms with E-state index in [-0.39, 0.29) is 19.5 Å². The van der Waals surface area contributed by atoms with Gasteiger partial charge in [-0.3, -0.25) is 9.59 Å². The lowest BCUT2D eigenvalue weighted by atomic mass is 10.1. The summed E-state index contributed by atoms with van der Waals surface area (Å²) in [5.74, 6) is -3.85. The minimum atomic E-state index is -4.68. The van der Waals surface area contributed by atoms with Crippen LogP contribution in [0.2, 0.25) is 0 Å². The molecule has 0 radical (unpaired) electrons. The Kier molecular flexibility index (Phi) is 3.89. The highest BCUT2D eigenvalue weighted by Crippen LogP contribution is 2.31. The SMILES string of the molecule is O=C(O)C1CCN(C(=O)c2cc(C(F)(F)F)ccc2F)C1. The summed E-state index contributed by atoms with van der Waals surface area (Å²) in [6.45, 7) is -0.0602. The van der Waals surface area contributed by atoms with Crippen LogP contribution < -0.4 is 0 Å². The molecule has 2 rings (SSSR count). The molecule has 0 aromatic heterocycles. The van der Waals surface area contributed by atoms with E-state index in [4.69, 9.17) is 5.11 Å². The van der Waals surface area contributed by atoms with Crippen LogP contribution in [0.15, 0.2) is 18.2 Å². The summed E-state index contributed by atoms with van der Waals surface area (Å²) in [5.41, 5.74) is -1.82. The van der Waals surface area contributed by atoms with E-state index in [1.807, 2.05) is 0 Å². The van der Waals surface area contributed by atoms with E-state index in [1.54, 1.807) is 0 Å². The van der Waals surface area contributed by atoms with E-state index in [0.29, 0.717) is 18.2 Å². The third-order valence-electron chi connectivity index (χ3n) is 3.35. The first-order chi connectivity index (χ1) is 9.70. The molecule has 0 bridgehead atoms. The number of rotatable bonds is 2. The molecule has 0 aliphatic carbocycles. The number of likely N-dealkylation sites (tertiary alicyclic amines) is 1. The molecule has 8 heteroatoms. The van der Waals surface area contributed by atoms with E-state index >= 15 is 0 Å². The molecule has 0 spiro atoms. The summed E-state index contributed by atoms with van der Waals surface area (Å²) in [7, 11) is 0. The molecule has 0 saturated carbocycles. The van der Waals surface area contributed by atoms with E-state index in [9.17, 15) is 27.2 Å². The second-order valence-electron chi connectivity index (χ2n) is 4.77. The number of benzene rings is 1. The normalized spacial score (nSPS) is 18.9. The fourth-order valence-corrected chi connectivity index (χ4v) is 2.18. The number of carboxylic acids is 1. The Morgan fingerprint density at radius 3 is 2.48 bits per heavy atom. The smallest absolute Gasteiger partial charge is 0.416 e. The lowest BCUT2D eigenvalue weighted by Gasteiger charge is -2.17. The van der Waals surface area contributed by atoms with E-state index in [0.717, 1.165) is 4.90 Å². The Labute approximate surface area is 117 Å². The quantitative estimate of drug-likeness (QED) is 0.854. The van der Waals surface area contributed by atoms with Crippen molar-refractivity contribution in [3.05, 3.63) is 35.1 Å². The number of hydrogen-bond acceptors (Lipinski definition) is 2. The second kappa shape index (κ2) is 5.34. The van der Waals surface area contributed by atoms with Crippen LogP contribution in [-0.2, 0) is 11.0 Å². The zero-order valence-electron chi connectivity index (χ0n) is 10.7. The Hall–Kier alpha value is -2.12. The van der Waals surface area contributed by atoms with Crippen molar-refractivity contribution in [1.82, 2.24) is 4.90 Å². The highest BCUT2D eigenvalue weighted by atomic mass is 19.4. The summed E-state index contributed by atoms with van der Waals surface area (Å²) < 4.78 is 51.3. The second-order valence-corrected chi connectivity index (χ2v) is 4.77. The molecule has 1 saturated heterocycles. The number of hydrogen-bond donors (Lipinski definition) is 1. The van der Waals surface area contributed by atoms with Gasteiger partial charge in [0.1, 0.15) is 5.82 Å². The Bertz CT molecular complexity index is 585. The summed E-state index contributed by atoms with van der Waals surface area (Å²) in [6, 6.07) is 1.59. The number of alkyl halides is 3. The van der Waals surface area contributed by atoms with Crippen molar-refractivity contribution in [3.63, 3.8) is 0 Å². The molecule has 1 aromatic rings. The number of halogens is 4. The molecule has 1 aliphatic heterocycles. The summed E-state index contributed by atoms with van der Waals surface area (Å²) in [4.78, 5) is 23.9. The fourth-order valence-electron chi connectivity index (χ4n) is 2.18. The van der Waals surface area contributed by atoms with Gasteiger partial charge in [0.15, 0.2) is 0 Å². The average molecular weight is 305 g/mol. The summed E-state index contributed by atoms with van der Waals surface area (Å²) in [5, 5.41) is 8.83. The average Bonchev–Trinajstić information content (AvgIpc) is 2.86. The van der Waals surface area contributed by atoms with Crippen LogP contribution in [0.4, 0.5) is 17.6 Å². The summed E-state index contributed by atoms with van der Waals surface area (Å²) >= 11 is 0. The van der Waals surface area contributed by atoms with Crippen LogP contribution in [-0.4, -0.2) is 35.0 Å². The van der Waals surface area contributed by atoms with Crippen LogP contribution in [0.1, 0.15) is 22.3 Å². The Morgan fingerprint density at radius 1 is 1.29 bits per heavy atom. The minimum absolute atomic E-state index is 0.0749. The molecule has 1 aromatic carbocycles. The molecule has 1 amide bonds.